The second-order valence-corrected chi connectivity index (χ2v) is 7.96. The Labute approximate surface area is 200 Å². The molecule has 0 bridgehead atoms. The minimum absolute atomic E-state index is 0.121. The van der Waals surface area contributed by atoms with Crippen molar-refractivity contribution in [3.05, 3.63) is 128 Å². The van der Waals surface area contributed by atoms with Gasteiger partial charge in [-0.2, -0.15) is 0 Å². The largest absolute Gasteiger partial charge is 0.360 e. The number of nitrogens with one attached hydrogen (secondary N) is 4. The van der Waals surface area contributed by atoms with E-state index < -0.39 is 16.3 Å². The van der Waals surface area contributed by atoms with Crippen molar-refractivity contribution in [2.75, 3.05) is 0 Å². The van der Waals surface area contributed by atoms with Crippen molar-refractivity contribution < 1.29 is 9.85 Å². The molecule has 4 N–H and O–H groups in total. The van der Waals surface area contributed by atoms with Gasteiger partial charge in [0.25, 0.3) is 11.4 Å². The van der Waals surface area contributed by atoms with Crippen LogP contribution in [-0.4, -0.2) is 31.9 Å². The maximum atomic E-state index is 11.9. The molecule has 2 unspecified atom stereocenters. The second-order valence-electron chi connectivity index (χ2n) is 7.96. The van der Waals surface area contributed by atoms with E-state index in [1.54, 1.807) is 37.2 Å². The van der Waals surface area contributed by atoms with E-state index in [4.69, 9.17) is 0 Å². The lowest BCUT2D eigenvalue weighted by Crippen LogP contribution is -2.41. The van der Waals surface area contributed by atoms with Crippen molar-refractivity contribution in [2.24, 2.45) is 0 Å². The fourth-order valence-corrected chi connectivity index (χ4v) is 3.81. The highest BCUT2D eigenvalue weighted by Gasteiger charge is 2.32. The van der Waals surface area contributed by atoms with Crippen LogP contribution >= 0.6 is 0 Å². The minimum atomic E-state index is -0.602. The van der Waals surface area contributed by atoms with E-state index in [1.807, 2.05) is 36.4 Å². The Morgan fingerprint density at radius 3 is 1.51 bits per heavy atom. The Morgan fingerprint density at radius 1 is 0.743 bits per heavy atom. The van der Waals surface area contributed by atoms with E-state index in [1.165, 1.54) is 0 Å². The zero-order valence-electron chi connectivity index (χ0n) is 18.6. The zero-order valence-corrected chi connectivity index (χ0v) is 18.6. The molecular weight excluding hydrogens is 452 g/mol. The monoisotopic (exact) mass is 476 g/mol. The number of hydrogen-bond donors (Lipinski definition) is 4. The van der Waals surface area contributed by atoms with Gasteiger partial charge in [0.05, 0.1) is 21.9 Å². The van der Waals surface area contributed by atoms with E-state index in [-0.39, 0.29) is 35.1 Å². The molecule has 12 nitrogen and oxygen atoms in total. The first-order valence-electron chi connectivity index (χ1n) is 10.9. The molecule has 2 aliphatic rings. The van der Waals surface area contributed by atoms with E-state index >= 15 is 0 Å². The summed E-state index contributed by atoms with van der Waals surface area (Å²) in [6.07, 6.45) is 14.2. The summed E-state index contributed by atoms with van der Waals surface area (Å²) in [5.41, 5.74) is 1.33. The molecule has 180 valence electrons. The Balaban J connectivity index is 1.55. The molecule has 2 aromatic heterocycles. The Kier molecular flexibility index (Phi) is 7.31. The molecule has 0 aliphatic carbocycles. The van der Waals surface area contributed by atoms with Crippen LogP contribution in [0.2, 0.25) is 0 Å². The van der Waals surface area contributed by atoms with E-state index in [2.05, 4.69) is 31.2 Å². The molecule has 0 fully saturated rings. The molecule has 0 spiro atoms. The molecule has 12 heteroatoms. The first kappa shape index (κ1) is 23.4. The molecule has 4 rings (SSSR count). The molecule has 2 aromatic rings. The predicted octanol–water partition coefficient (Wildman–Crippen LogP) is 1.69. The number of hydrogen-bond acceptors (Lipinski definition) is 10. The third kappa shape index (κ3) is 6.19. The smallest absolute Gasteiger partial charge is 0.296 e. The average Bonchev–Trinajstić information content (AvgIpc) is 2.86. The third-order valence-corrected chi connectivity index (χ3v) is 5.53. The molecular formula is C23H24N8O4. The third-order valence-electron chi connectivity index (χ3n) is 5.53. The minimum Gasteiger partial charge on any atom is -0.360 e. The fourth-order valence-electron chi connectivity index (χ4n) is 3.81. The molecule has 35 heavy (non-hydrogen) atoms. The lowest BCUT2D eigenvalue weighted by Gasteiger charge is -2.24. The van der Waals surface area contributed by atoms with Gasteiger partial charge in [-0.15, -0.1) is 0 Å². The highest BCUT2D eigenvalue weighted by Crippen LogP contribution is 2.20. The normalized spacial score (nSPS) is 21.6. The van der Waals surface area contributed by atoms with Crippen molar-refractivity contribution in [1.29, 1.82) is 0 Å². The van der Waals surface area contributed by atoms with Crippen molar-refractivity contribution in [3.63, 3.8) is 0 Å². The van der Waals surface area contributed by atoms with Crippen molar-refractivity contribution in [3.8, 4) is 0 Å². The summed E-state index contributed by atoms with van der Waals surface area (Å²) >= 11 is 0. The molecule has 0 radical (unpaired) electrons. The number of nitro groups is 2. The maximum absolute atomic E-state index is 11.9. The van der Waals surface area contributed by atoms with Gasteiger partial charge in [-0.3, -0.25) is 30.2 Å². The van der Waals surface area contributed by atoms with Gasteiger partial charge >= 0.3 is 0 Å². The van der Waals surface area contributed by atoms with Gasteiger partial charge < -0.3 is 21.3 Å². The van der Waals surface area contributed by atoms with Crippen LogP contribution in [0.1, 0.15) is 17.5 Å². The molecule has 0 aromatic carbocycles. The number of rotatable bonds is 8. The van der Waals surface area contributed by atoms with Crippen LogP contribution in [0.3, 0.4) is 0 Å². The van der Waals surface area contributed by atoms with E-state index in [9.17, 15) is 20.2 Å². The van der Waals surface area contributed by atoms with Gasteiger partial charge in [-0.1, -0.05) is 0 Å². The summed E-state index contributed by atoms with van der Waals surface area (Å²) < 4.78 is 0. The van der Waals surface area contributed by atoms with Gasteiger partial charge in [0.2, 0.25) is 0 Å². The van der Waals surface area contributed by atoms with Gasteiger partial charge in [-0.25, -0.2) is 0 Å². The topological polar surface area (TPSA) is 160 Å². The number of aromatic nitrogens is 2. The quantitative estimate of drug-likeness (QED) is 0.326. The Hall–Kier alpha value is -4.74. The van der Waals surface area contributed by atoms with Crippen LogP contribution in [0.4, 0.5) is 0 Å². The molecule has 0 saturated heterocycles. The van der Waals surface area contributed by atoms with Crippen LogP contribution in [0, 0.1) is 20.2 Å². The van der Waals surface area contributed by atoms with Crippen molar-refractivity contribution in [1.82, 2.24) is 31.2 Å². The summed E-state index contributed by atoms with van der Waals surface area (Å²) in [6.45, 7) is 0. The lowest BCUT2D eigenvalue weighted by atomic mass is 10.1. The molecule has 2 aliphatic heterocycles. The van der Waals surface area contributed by atoms with Crippen LogP contribution in [0.25, 0.3) is 0 Å². The highest BCUT2D eigenvalue weighted by molar-refractivity contribution is 5.25. The first-order valence-corrected chi connectivity index (χ1v) is 10.9. The molecule has 2 atom stereocenters. The second kappa shape index (κ2) is 10.9. The van der Waals surface area contributed by atoms with Crippen molar-refractivity contribution >= 4 is 0 Å². The number of nitrogens with zero attached hydrogens (tertiary/aromatic N) is 4. The SMILES string of the molecule is O=[N+]([O-])/C(C/C(=C1\NC=CC(Cc2ccncc2)N1)[N+](=O)[O-])=C1/NC=CC(Cc2ccncc2)N1. The molecule has 0 saturated carbocycles. The average molecular weight is 476 g/mol. The van der Waals surface area contributed by atoms with Gasteiger partial charge in [-0.05, 0) is 60.4 Å². The summed E-state index contributed by atoms with van der Waals surface area (Å²) in [4.78, 5) is 30.7. The van der Waals surface area contributed by atoms with Crippen LogP contribution in [-0.2, 0) is 12.8 Å². The summed E-state index contributed by atoms with van der Waals surface area (Å²) in [6, 6.07) is 6.99. The summed E-state index contributed by atoms with van der Waals surface area (Å²) in [5, 5.41) is 35.7. The van der Waals surface area contributed by atoms with Gasteiger partial charge in [0.1, 0.15) is 6.42 Å². The molecule has 4 heterocycles. The highest BCUT2D eigenvalue weighted by atomic mass is 16.6. The van der Waals surface area contributed by atoms with Crippen molar-refractivity contribution in [2.45, 2.75) is 31.3 Å². The lowest BCUT2D eigenvalue weighted by molar-refractivity contribution is -0.452. The van der Waals surface area contributed by atoms with Crippen LogP contribution in [0.15, 0.2) is 96.6 Å². The fraction of sp³-hybridized carbons (Fsp3) is 0.217. The Morgan fingerprint density at radius 2 is 1.14 bits per heavy atom. The van der Waals surface area contributed by atoms with E-state index in [0.29, 0.717) is 12.8 Å². The molecule has 0 amide bonds. The first-order chi connectivity index (χ1) is 17.0. The van der Waals surface area contributed by atoms with Gasteiger partial charge in [0, 0.05) is 37.2 Å². The Bertz CT molecular complexity index is 1100. The summed E-state index contributed by atoms with van der Waals surface area (Å²) in [7, 11) is 0. The predicted molar refractivity (Wildman–Crippen MR) is 127 cm³/mol. The standard InChI is InChI=1S/C23H24N8O4/c32-30(33)20(22-26-11-5-18(28-22)13-16-1-7-24-8-2-16)15-21(31(34)35)23-27-12-6-19(29-23)14-17-3-9-25-10-4-17/h1-12,18-19,26-29H,13-15H2/b22-20-,23-21-. The van der Waals surface area contributed by atoms with Gasteiger partial charge in [0.15, 0.2) is 11.6 Å². The maximum Gasteiger partial charge on any atom is 0.296 e. The zero-order chi connectivity index (χ0) is 24.6. The number of pyridine rings is 2. The van der Waals surface area contributed by atoms with E-state index in [0.717, 1.165) is 11.1 Å². The van der Waals surface area contributed by atoms with Crippen LogP contribution < -0.4 is 21.3 Å². The van der Waals surface area contributed by atoms with Crippen LogP contribution in [0.5, 0.6) is 0 Å². The summed E-state index contributed by atoms with van der Waals surface area (Å²) in [5.74, 6) is 0.243.